The third-order valence-corrected chi connectivity index (χ3v) is 6.19. The van der Waals surface area contributed by atoms with E-state index in [9.17, 15) is 9.59 Å². The van der Waals surface area contributed by atoms with Gasteiger partial charge in [-0.05, 0) is 23.8 Å². The summed E-state index contributed by atoms with van der Waals surface area (Å²) in [4.78, 5) is 33.0. The molecule has 1 saturated heterocycles. The number of ether oxygens (including phenoxy) is 2. The normalized spacial score (nSPS) is 20.9. The van der Waals surface area contributed by atoms with Crippen molar-refractivity contribution in [3.8, 4) is 11.5 Å². The Hall–Kier alpha value is -3.48. The molecule has 7 nitrogen and oxygen atoms in total. The minimum Gasteiger partial charge on any atom is -0.497 e. The van der Waals surface area contributed by atoms with Gasteiger partial charge in [0.15, 0.2) is 0 Å². The van der Waals surface area contributed by atoms with Crippen LogP contribution in [-0.2, 0) is 16.0 Å². The number of piperazine rings is 1. The van der Waals surface area contributed by atoms with E-state index in [0.29, 0.717) is 17.9 Å². The van der Waals surface area contributed by atoms with Crippen molar-refractivity contribution >= 4 is 22.7 Å². The number of fused-ring (bicyclic) bond motifs is 4. The molecular formula is C23H23N3O4. The van der Waals surface area contributed by atoms with Gasteiger partial charge < -0.3 is 24.3 Å². The molecule has 7 heteroatoms. The number of rotatable bonds is 3. The Morgan fingerprint density at radius 2 is 1.87 bits per heavy atom. The van der Waals surface area contributed by atoms with Crippen LogP contribution in [0, 0.1) is 0 Å². The van der Waals surface area contributed by atoms with Crippen molar-refractivity contribution in [3.63, 3.8) is 0 Å². The van der Waals surface area contributed by atoms with Crippen LogP contribution < -0.4 is 9.47 Å². The highest BCUT2D eigenvalue weighted by atomic mass is 16.5. The third-order valence-electron chi connectivity index (χ3n) is 6.19. The number of carbonyl (C=O) groups is 2. The topological polar surface area (TPSA) is 74.9 Å². The van der Waals surface area contributed by atoms with Crippen molar-refractivity contribution in [2.75, 3.05) is 27.8 Å². The molecule has 0 unspecified atom stereocenters. The molecule has 30 heavy (non-hydrogen) atoms. The highest BCUT2D eigenvalue weighted by Crippen LogP contribution is 2.45. The summed E-state index contributed by atoms with van der Waals surface area (Å²) in [5, 5.41) is 1.08. The molecule has 1 aromatic heterocycles. The third kappa shape index (κ3) is 2.58. The predicted octanol–water partition coefficient (Wildman–Crippen LogP) is 2.50. The zero-order valence-corrected chi connectivity index (χ0v) is 17.1. The summed E-state index contributed by atoms with van der Waals surface area (Å²) in [5.74, 6) is 1.17. The number of likely N-dealkylation sites (N-methyl/N-ethyl adjacent to an activating group) is 1. The van der Waals surface area contributed by atoms with E-state index in [0.717, 1.165) is 27.7 Å². The molecule has 0 radical (unpaired) electrons. The monoisotopic (exact) mass is 405 g/mol. The second-order valence-electron chi connectivity index (χ2n) is 7.79. The average Bonchev–Trinajstić information content (AvgIpc) is 3.14. The lowest BCUT2D eigenvalue weighted by molar-refractivity contribution is -0.157. The summed E-state index contributed by atoms with van der Waals surface area (Å²) in [6.45, 7) is 0.0693. The number of hydrogen-bond donors (Lipinski definition) is 1. The zero-order chi connectivity index (χ0) is 21.0. The molecule has 1 fully saturated rings. The van der Waals surface area contributed by atoms with Gasteiger partial charge in [-0.25, -0.2) is 0 Å². The number of benzene rings is 2. The quantitative estimate of drug-likeness (QED) is 0.727. The first-order chi connectivity index (χ1) is 14.5. The predicted molar refractivity (Wildman–Crippen MR) is 112 cm³/mol. The van der Waals surface area contributed by atoms with Crippen molar-refractivity contribution in [1.29, 1.82) is 0 Å². The summed E-state index contributed by atoms with van der Waals surface area (Å²) >= 11 is 0. The van der Waals surface area contributed by atoms with Crippen LogP contribution in [0.2, 0.25) is 0 Å². The Morgan fingerprint density at radius 3 is 2.63 bits per heavy atom. The number of hydrogen-bond acceptors (Lipinski definition) is 4. The lowest BCUT2D eigenvalue weighted by Gasteiger charge is -2.46. The number of nitrogens with one attached hydrogen (secondary N) is 1. The number of methoxy groups -OCH3 is 2. The number of aromatic amines is 1. The lowest BCUT2D eigenvalue weighted by atomic mass is 9.86. The summed E-state index contributed by atoms with van der Waals surface area (Å²) in [7, 11) is 4.89. The SMILES string of the molecule is COc1ccc([C@@H]2c3[nH]c4ccccc4c3C[C@H]3C(=O)N(C)CC(=O)N23)c(OC)c1. The number of para-hydroxylation sites is 1. The van der Waals surface area contributed by atoms with E-state index in [-0.39, 0.29) is 18.4 Å². The Bertz CT molecular complexity index is 1170. The summed E-state index contributed by atoms with van der Waals surface area (Å²) in [6.07, 6.45) is 0.489. The number of aromatic nitrogens is 1. The Morgan fingerprint density at radius 1 is 1.07 bits per heavy atom. The molecule has 2 aliphatic heterocycles. The molecule has 0 aliphatic carbocycles. The molecule has 1 N–H and O–H groups in total. The molecule has 0 saturated carbocycles. The average molecular weight is 405 g/mol. The molecular weight excluding hydrogens is 382 g/mol. The van der Waals surface area contributed by atoms with Gasteiger partial charge in [0, 0.05) is 41.7 Å². The number of carbonyl (C=O) groups excluding carboxylic acids is 2. The highest BCUT2D eigenvalue weighted by Gasteiger charge is 2.48. The van der Waals surface area contributed by atoms with Crippen LogP contribution in [0.4, 0.5) is 0 Å². The van der Waals surface area contributed by atoms with Crippen molar-refractivity contribution in [1.82, 2.24) is 14.8 Å². The molecule has 3 heterocycles. The first kappa shape index (κ1) is 18.5. The summed E-state index contributed by atoms with van der Waals surface area (Å²) in [5.41, 5.74) is 3.82. The van der Waals surface area contributed by atoms with Crippen molar-refractivity contribution in [2.45, 2.75) is 18.5 Å². The van der Waals surface area contributed by atoms with Gasteiger partial charge in [-0.1, -0.05) is 18.2 Å². The first-order valence-electron chi connectivity index (χ1n) is 9.91. The highest BCUT2D eigenvalue weighted by molar-refractivity contribution is 5.97. The molecule has 2 aromatic carbocycles. The van der Waals surface area contributed by atoms with E-state index in [1.165, 1.54) is 4.90 Å². The van der Waals surface area contributed by atoms with E-state index in [2.05, 4.69) is 11.1 Å². The van der Waals surface area contributed by atoms with Crippen LogP contribution in [-0.4, -0.2) is 60.5 Å². The first-order valence-corrected chi connectivity index (χ1v) is 9.91. The minimum absolute atomic E-state index is 0.0389. The zero-order valence-electron chi connectivity index (χ0n) is 17.1. The van der Waals surface area contributed by atoms with Gasteiger partial charge in [0.25, 0.3) is 0 Å². The number of amides is 2. The molecule has 2 amide bonds. The maximum atomic E-state index is 13.2. The second kappa shape index (κ2) is 6.79. The Balaban J connectivity index is 1.77. The van der Waals surface area contributed by atoms with Crippen LogP contribution in [0.3, 0.4) is 0 Å². The molecule has 154 valence electrons. The van der Waals surface area contributed by atoms with Gasteiger partial charge in [-0.3, -0.25) is 9.59 Å². The maximum Gasteiger partial charge on any atom is 0.245 e. The van der Waals surface area contributed by atoms with E-state index in [1.807, 2.05) is 36.4 Å². The molecule has 3 aromatic rings. The number of H-pyrrole nitrogens is 1. The fraction of sp³-hybridized carbons (Fsp3) is 0.304. The van der Waals surface area contributed by atoms with Crippen LogP contribution in [0.15, 0.2) is 42.5 Å². The molecule has 5 rings (SSSR count). The van der Waals surface area contributed by atoms with Gasteiger partial charge in [-0.15, -0.1) is 0 Å². The molecule has 2 aliphatic rings. The van der Waals surface area contributed by atoms with Crippen molar-refractivity contribution < 1.29 is 19.1 Å². The fourth-order valence-electron chi connectivity index (χ4n) is 4.78. The van der Waals surface area contributed by atoms with Crippen LogP contribution >= 0.6 is 0 Å². The van der Waals surface area contributed by atoms with Gasteiger partial charge >= 0.3 is 0 Å². The van der Waals surface area contributed by atoms with Gasteiger partial charge in [-0.2, -0.15) is 0 Å². The smallest absolute Gasteiger partial charge is 0.245 e. The van der Waals surface area contributed by atoms with Gasteiger partial charge in [0.05, 0.1) is 20.8 Å². The van der Waals surface area contributed by atoms with Gasteiger partial charge in [0.1, 0.15) is 23.6 Å². The van der Waals surface area contributed by atoms with Crippen LogP contribution in [0.25, 0.3) is 10.9 Å². The fourth-order valence-corrected chi connectivity index (χ4v) is 4.78. The maximum absolute atomic E-state index is 13.2. The standard InChI is InChI=1S/C23H23N3O4/c1-25-12-20(27)26-18(23(25)28)11-16-14-6-4-5-7-17(14)24-21(16)22(26)15-9-8-13(29-2)10-19(15)30-3/h4-10,18,22,24H,11-12H2,1-3H3/t18-,22+/m0/s1. The molecule has 2 atom stereocenters. The Kier molecular flexibility index (Phi) is 4.20. The summed E-state index contributed by atoms with van der Waals surface area (Å²) < 4.78 is 11.0. The van der Waals surface area contributed by atoms with Crippen LogP contribution in [0.5, 0.6) is 11.5 Å². The minimum atomic E-state index is -0.542. The second-order valence-corrected chi connectivity index (χ2v) is 7.79. The van der Waals surface area contributed by atoms with Gasteiger partial charge in [0.2, 0.25) is 11.8 Å². The molecule has 0 bridgehead atoms. The van der Waals surface area contributed by atoms with Crippen molar-refractivity contribution in [3.05, 3.63) is 59.3 Å². The largest absolute Gasteiger partial charge is 0.497 e. The van der Waals surface area contributed by atoms with E-state index in [1.54, 1.807) is 26.2 Å². The lowest BCUT2D eigenvalue weighted by Crippen LogP contribution is -2.62. The molecule has 0 spiro atoms. The van der Waals surface area contributed by atoms with E-state index >= 15 is 0 Å². The summed E-state index contributed by atoms with van der Waals surface area (Å²) in [6, 6.07) is 12.6. The Labute approximate surface area is 174 Å². The number of nitrogens with zero attached hydrogens (tertiary/aromatic N) is 2. The van der Waals surface area contributed by atoms with E-state index < -0.39 is 12.1 Å². The van der Waals surface area contributed by atoms with Crippen molar-refractivity contribution in [2.24, 2.45) is 0 Å². The van der Waals surface area contributed by atoms with Crippen LogP contribution in [0.1, 0.15) is 22.9 Å². The van der Waals surface area contributed by atoms with E-state index in [4.69, 9.17) is 9.47 Å².